The van der Waals surface area contributed by atoms with E-state index in [1.54, 1.807) is 0 Å². The van der Waals surface area contributed by atoms with Crippen LogP contribution in [0.25, 0.3) is 0 Å². The van der Waals surface area contributed by atoms with E-state index in [0.29, 0.717) is 6.42 Å². The van der Waals surface area contributed by atoms with Gasteiger partial charge < -0.3 is 4.74 Å². The Labute approximate surface area is 94.9 Å². The molecule has 5 heteroatoms. The first-order valence-electron chi connectivity index (χ1n) is 4.94. The fourth-order valence-corrected chi connectivity index (χ4v) is 2.05. The highest BCUT2D eigenvalue weighted by molar-refractivity contribution is 7.13. The number of hydrogen-bond donors (Lipinski definition) is 1. The summed E-state index contributed by atoms with van der Waals surface area (Å²) in [5.41, 5.74) is 0.240. The molecule has 3 atom stereocenters. The fraction of sp³-hybridized carbons (Fsp3) is 0.273. The van der Waals surface area contributed by atoms with E-state index in [2.05, 4.69) is 14.5 Å². The van der Waals surface area contributed by atoms with Crippen LogP contribution in [0, 0.1) is 11.6 Å². The number of benzene rings is 1. The molecule has 1 heterocycles. The van der Waals surface area contributed by atoms with Crippen molar-refractivity contribution in [3.63, 3.8) is 0 Å². The maximum Gasteiger partial charge on any atom is 0.141 e. The van der Waals surface area contributed by atoms with Crippen LogP contribution >= 0.6 is 9.39 Å². The Morgan fingerprint density at radius 1 is 1.38 bits per heavy atom. The van der Waals surface area contributed by atoms with Crippen molar-refractivity contribution in [3.8, 4) is 0 Å². The minimum absolute atomic E-state index is 0.0775. The minimum Gasteiger partial charge on any atom is -0.492 e. The summed E-state index contributed by atoms with van der Waals surface area (Å²) in [6.45, 7) is 0. The summed E-state index contributed by atoms with van der Waals surface area (Å²) >= 11 is 0. The molecule has 0 radical (unpaired) electrons. The Bertz CT molecular complexity index is 411. The molecule has 0 saturated carbocycles. The van der Waals surface area contributed by atoms with Gasteiger partial charge in [-0.2, -0.15) is 0 Å². The molecule has 1 aliphatic rings. The van der Waals surface area contributed by atoms with Crippen LogP contribution in [0.3, 0.4) is 0 Å². The third kappa shape index (κ3) is 2.23. The van der Waals surface area contributed by atoms with Gasteiger partial charge in [0.2, 0.25) is 0 Å². The number of hydrogen-bond acceptors (Lipinski definition) is 2. The van der Waals surface area contributed by atoms with Gasteiger partial charge in [0, 0.05) is 5.56 Å². The lowest BCUT2D eigenvalue weighted by Gasteiger charge is -2.28. The summed E-state index contributed by atoms with van der Waals surface area (Å²) in [5, 5.41) is 2.95. The summed E-state index contributed by atoms with van der Waals surface area (Å²) < 4.78 is 32.0. The average molecular weight is 243 g/mol. The van der Waals surface area contributed by atoms with Crippen molar-refractivity contribution in [3.05, 3.63) is 47.7 Å². The zero-order valence-electron chi connectivity index (χ0n) is 8.49. The quantitative estimate of drug-likeness (QED) is 0.806. The van der Waals surface area contributed by atoms with E-state index in [1.165, 1.54) is 12.3 Å². The predicted octanol–water partition coefficient (Wildman–Crippen LogP) is 2.69. The Hall–Kier alpha value is -0.990. The third-order valence-corrected chi connectivity index (χ3v) is 2.98. The first-order valence-corrected chi connectivity index (χ1v) is 5.51. The monoisotopic (exact) mass is 243 g/mol. The van der Waals surface area contributed by atoms with Crippen molar-refractivity contribution in [1.29, 1.82) is 0 Å². The molecule has 0 fully saturated rings. The largest absolute Gasteiger partial charge is 0.492 e. The van der Waals surface area contributed by atoms with Crippen LogP contribution in [-0.4, -0.2) is 6.04 Å². The molecule has 2 nitrogen and oxygen atoms in total. The van der Waals surface area contributed by atoms with Gasteiger partial charge in [-0.25, -0.2) is 8.78 Å². The van der Waals surface area contributed by atoms with Crippen molar-refractivity contribution in [2.75, 3.05) is 0 Å². The smallest absolute Gasteiger partial charge is 0.141 e. The van der Waals surface area contributed by atoms with E-state index < -0.39 is 17.7 Å². The summed E-state index contributed by atoms with van der Waals surface area (Å²) in [4.78, 5) is 0. The minimum atomic E-state index is -0.502. The molecular formula is C11H12F2NOP. The number of nitrogens with one attached hydrogen (secondary N) is 1. The van der Waals surface area contributed by atoms with Gasteiger partial charge in [-0.3, -0.25) is 5.09 Å². The standard InChI is InChI=1S/C11H12F2NOP/c12-7-3-4-9(13)8(6-7)11-10(14-16)2-1-5-15-11/h1,3-6,10-11,14H,2,16H2. The van der Waals surface area contributed by atoms with Gasteiger partial charge in [0.05, 0.1) is 12.3 Å². The van der Waals surface area contributed by atoms with Gasteiger partial charge in [0.25, 0.3) is 0 Å². The second-order valence-electron chi connectivity index (χ2n) is 3.60. The van der Waals surface area contributed by atoms with E-state index in [-0.39, 0.29) is 11.6 Å². The Morgan fingerprint density at radius 3 is 2.94 bits per heavy atom. The molecule has 16 heavy (non-hydrogen) atoms. The molecule has 1 aromatic carbocycles. The van der Waals surface area contributed by atoms with Gasteiger partial charge in [-0.15, -0.1) is 0 Å². The van der Waals surface area contributed by atoms with Crippen LogP contribution in [0.4, 0.5) is 8.78 Å². The highest BCUT2D eigenvalue weighted by atomic mass is 31.0. The SMILES string of the molecule is Fc1ccc(F)c(C2OC=CCC2NP)c1. The van der Waals surface area contributed by atoms with Gasteiger partial charge in [0.1, 0.15) is 17.7 Å². The van der Waals surface area contributed by atoms with E-state index >= 15 is 0 Å². The van der Waals surface area contributed by atoms with Gasteiger partial charge in [-0.05, 0) is 30.7 Å². The highest BCUT2D eigenvalue weighted by Crippen LogP contribution is 2.30. The van der Waals surface area contributed by atoms with Crippen molar-refractivity contribution in [2.45, 2.75) is 18.6 Å². The Balaban J connectivity index is 2.34. The van der Waals surface area contributed by atoms with Gasteiger partial charge >= 0.3 is 0 Å². The summed E-state index contributed by atoms with van der Waals surface area (Å²) in [6, 6.07) is 3.31. The zero-order chi connectivity index (χ0) is 11.5. The predicted molar refractivity (Wildman–Crippen MR) is 60.6 cm³/mol. The molecular weight excluding hydrogens is 231 g/mol. The number of rotatable bonds is 2. The molecule has 1 aromatic rings. The van der Waals surface area contributed by atoms with Crippen molar-refractivity contribution < 1.29 is 13.5 Å². The summed E-state index contributed by atoms with van der Waals surface area (Å²) in [6.07, 6.45) is 3.57. The molecule has 86 valence electrons. The fourth-order valence-electron chi connectivity index (χ4n) is 1.74. The average Bonchev–Trinajstić information content (AvgIpc) is 2.32. The van der Waals surface area contributed by atoms with Crippen molar-refractivity contribution in [2.24, 2.45) is 0 Å². The molecule has 0 saturated heterocycles. The van der Waals surface area contributed by atoms with E-state index in [1.807, 2.05) is 6.08 Å². The summed E-state index contributed by atoms with van der Waals surface area (Å²) in [7, 11) is 2.37. The van der Waals surface area contributed by atoms with Gasteiger partial charge in [0.15, 0.2) is 0 Å². The molecule has 3 unspecified atom stereocenters. The molecule has 0 bridgehead atoms. The van der Waals surface area contributed by atoms with Crippen LogP contribution in [0.2, 0.25) is 0 Å². The maximum absolute atomic E-state index is 13.6. The van der Waals surface area contributed by atoms with Crippen LogP contribution in [-0.2, 0) is 4.74 Å². The molecule has 1 aliphatic heterocycles. The molecule has 0 amide bonds. The molecule has 0 spiro atoms. The van der Waals surface area contributed by atoms with Crippen LogP contribution in [0.5, 0.6) is 0 Å². The molecule has 0 aliphatic carbocycles. The Kier molecular flexibility index (Phi) is 3.52. The summed E-state index contributed by atoms with van der Waals surface area (Å²) in [5.74, 6) is -0.913. The first kappa shape index (κ1) is 11.5. The lowest BCUT2D eigenvalue weighted by atomic mass is 9.98. The van der Waals surface area contributed by atoms with Crippen LogP contribution in [0.15, 0.2) is 30.5 Å². The molecule has 2 rings (SSSR count). The molecule has 0 aromatic heterocycles. The molecule has 1 N–H and O–H groups in total. The number of ether oxygens (including phenoxy) is 1. The second kappa shape index (κ2) is 4.89. The normalized spacial score (nSPS) is 24.2. The topological polar surface area (TPSA) is 21.3 Å². The van der Waals surface area contributed by atoms with E-state index in [9.17, 15) is 8.78 Å². The van der Waals surface area contributed by atoms with Crippen molar-refractivity contribution in [1.82, 2.24) is 5.09 Å². The van der Waals surface area contributed by atoms with Crippen LogP contribution in [0.1, 0.15) is 18.1 Å². The van der Waals surface area contributed by atoms with Crippen molar-refractivity contribution >= 4 is 9.39 Å². The second-order valence-corrected chi connectivity index (χ2v) is 3.94. The lowest BCUT2D eigenvalue weighted by molar-refractivity contribution is 0.0971. The highest BCUT2D eigenvalue weighted by Gasteiger charge is 2.27. The Morgan fingerprint density at radius 2 is 2.19 bits per heavy atom. The van der Waals surface area contributed by atoms with Gasteiger partial charge in [-0.1, -0.05) is 9.39 Å². The zero-order valence-corrected chi connectivity index (χ0v) is 9.64. The van der Waals surface area contributed by atoms with E-state index in [4.69, 9.17) is 4.74 Å². The third-order valence-electron chi connectivity index (χ3n) is 2.56. The number of halogens is 2. The van der Waals surface area contributed by atoms with Crippen LogP contribution < -0.4 is 5.09 Å². The van der Waals surface area contributed by atoms with E-state index in [0.717, 1.165) is 12.1 Å². The lowest BCUT2D eigenvalue weighted by Crippen LogP contribution is -2.31. The first-order chi connectivity index (χ1) is 7.72. The maximum atomic E-state index is 13.6.